The van der Waals surface area contributed by atoms with Crippen molar-refractivity contribution >= 4 is 53.6 Å². The molecule has 7 nitrogen and oxygen atoms in total. The van der Waals surface area contributed by atoms with Gasteiger partial charge in [0.05, 0.1) is 28.6 Å². The number of esters is 1. The van der Waals surface area contributed by atoms with E-state index in [4.69, 9.17) is 43.6 Å². The van der Waals surface area contributed by atoms with E-state index in [0.29, 0.717) is 35.1 Å². The van der Waals surface area contributed by atoms with Crippen LogP contribution >= 0.6 is 35.8 Å². The molecule has 3 atom stereocenters. The summed E-state index contributed by atoms with van der Waals surface area (Å²) in [5.41, 5.74) is 5.58. The van der Waals surface area contributed by atoms with Gasteiger partial charge >= 0.3 is 18.1 Å². The van der Waals surface area contributed by atoms with Gasteiger partial charge in [0.2, 0.25) is 0 Å². The van der Waals surface area contributed by atoms with E-state index in [2.05, 4.69) is 17.9 Å². The molecule has 0 amide bonds. The van der Waals surface area contributed by atoms with Crippen molar-refractivity contribution in [3.05, 3.63) is 33.8 Å². The fraction of sp³-hybridized carbons (Fsp3) is 0.526. The lowest BCUT2D eigenvalue weighted by Gasteiger charge is -2.42. The minimum absolute atomic E-state index is 0.203. The maximum Gasteiger partial charge on any atom is 0.490 e. The van der Waals surface area contributed by atoms with E-state index in [9.17, 15) is 22.8 Å². The average molecular weight is 519 g/mol. The Labute approximate surface area is 198 Å². The molecule has 2 unspecified atom stereocenters. The zero-order chi connectivity index (χ0) is 24.7. The van der Waals surface area contributed by atoms with Gasteiger partial charge in [-0.15, -0.1) is 0 Å². The lowest BCUT2D eigenvalue weighted by atomic mass is 9.64. The van der Waals surface area contributed by atoms with Crippen LogP contribution in [0.15, 0.2) is 18.2 Å². The van der Waals surface area contributed by atoms with Crippen LogP contribution in [0.4, 0.5) is 13.2 Å². The number of rotatable bonds is 6. The van der Waals surface area contributed by atoms with E-state index in [1.807, 2.05) is 0 Å². The number of ketones is 1. The number of aliphatic carboxylic acids is 1. The van der Waals surface area contributed by atoms with Gasteiger partial charge in [0.15, 0.2) is 5.78 Å². The number of halogens is 5. The molecule has 0 saturated carbocycles. The van der Waals surface area contributed by atoms with Gasteiger partial charge in [0, 0.05) is 18.2 Å². The lowest BCUT2D eigenvalue weighted by molar-refractivity contribution is -0.192. The second-order valence-corrected chi connectivity index (χ2v) is 8.19. The molecule has 1 heterocycles. The summed E-state index contributed by atoms with van der Waals surface area (Å²) in [6, 6.07) is 4.51. The van der Waals surface area contributed by atoms with E-state index in [1.165, 1.54) is 7.11 Å². The summed E-state index contributed by atoms with van der Waals surface area (Å²) in [5.74, 6) is -3.80. The SMILES string of the molecule is COC(=O)C1(Cc2cccc(Cl)c2Cl)CCNCC1C(=O)[C@@H](N)CS.O=C(O)C(F)(F)F. The van der Waals surface area contributed by atoms with Crippen molar-refractivity contribution in [2.45, 2.75) is 25.1 Å². The quantitative estimate of drug-likeness (QED) is 0.337. The van der Waals surface area contributed by atoms with Crippen LogP contribution in [0.1, 0.15) is 12.0 Å². The van der Waals surface area contributed by atoms with Crippen molar-refractivity contribution in [2.75, 3.05) is 26.0 Å². The molecule has 1 aliphatic heterocycles. The number of nitrogens with one attached hydrogen (secondary N) is 1. The monoisotopic (exact) mass is 518 g/mol. The minimum Gasteiger partial charge on any atom is -0.475 e. The van der Waals surface area contributed by atoms with Gasteiger partial charge in [0.1, 0.15) is 0 Å². The number of alkyl halides is 3. The third-order valence-corrected chi connectivity index (χ3v) is 6.29. The number of thiol groups is 1. The van der Waals surface area contributed by atoms with E-state index in [1.54, 1.807) is 18.2 Å². The maximum absolute atomic E-state index is 12.8. The third-order valence-electron chi connectivity index (χ3n) is 5.04. The summed E-state index contributed by atoms with van der Waals surface area (Å²) >= 11 is 16.5. The van der Waals surface area contributed by atoms with Gasteiger partial charge in [-0.05, 0) is 31.0 Å². The van der Waals surface area contributed by atoms with Gasteiger partial charge in [0.25, 0.3) is 0 Å². The third kappa shape index (κ3) is 6.98. The fourth-order valence-electron chi connectivity index (χ4n) is 3.40. The van der Waals surface area contributed by atoms with E-state index >= 15 is 0 Å². The minimum atomic E-state index is -5.08. The smallest absolute Gasteiger partial charge is 0.475 e. The fourth-order valence-corrected chi connectivity index (χ4v) is 3.97. The molecule has 4 N–H and O–H groups in total. The Kier molecular flexibility index (Phi) is 10.8. The standard InChI is InChI=1S/C17H22Cl2N2O3S.C2HF3O2/c1-24-16(23)17(7-10-3-2-4-12(18)14(10)19)5-6-21-8-11(17)15(22)13(20)9-25;3-2(4,5)1(6)7/h2-4,11,13,21,25H,5-9,20H2,1H3;(H,6,7)/t11?,13-,17?;/m0./s1. The zero-order valence-electron chi connectivity index (χ0n) is 16.9. The molecule has 0 aromatic heterocycles. The van der Waals surface area contributed by atoms with Crippen LogP contribution in [0, 0.1) is 11.3 Å². The van der Waals surface area contributed by atoms with Gasteiger partial charge in [-0.1, -0.05) is 35.3 Å². The van der Waals surface area contributed by atoms with Crippen LogP contribution in [0.3, 0.4) is 0 Å². The van der Waals surface area contributed by atoms with Crippen molar-refractivity contribution in [3.63, 3.8) is 0 Å². The van der Waals surface area contributed by atoms with Gasteiger partial charge in [-0.3, -0.25) is 9.59 Å². The summed E-state index contributed by atoms with van der Waals surface area (Å²) in [7, 11) is 1.33. The molecule has 1 fully saturated rings. The number of nitrogens with two attached hydrogens (primary N) is 1. The van der Waals surface area contributed by atoms with Crippen LogP contribution in [0.2, 0.25) is 10.0 Å². The molecule has 0 aliphatic carbocycles. The Balaban J connectivity index is 0.000000633. The molecule has 2 rings (SSSR count). The first kappa shape index (κ1) is 28.5. The van der Waals surface area contributed by atoms with Crippen LogP contribution < -0.4 is 11.1 Å². The number of ether oxygens (including phenoxy) is 1. The Morgan fingerprint density at radius 1 is 1.38 bits per heavy atom. The predicted octanol–water partition coefficient (Wildman–Crippen LogP) is 2.76. The Morgan fingerprint density at radius 2 is 1.97 bits per heavy atom. The van der Waals surface area contributed by atoms with Crippen molar-refractivity contribution in [3.8, 4) is 0 Å². The number of carboxylic acids is 1. The Bertz CT molecular complexity index is 844. The lowest BCUT2D eigenvalue weighted by Crippen LogP contribution is -2.57. The molecule has 1 saturated heterocycles. The summed E-state index contributed by atoms with van der Waals surface area (Å²) in [6.07, 6.45) is -4.38. The number of carboxylic acid groups (broad SMARTS) is 1. The Hall–Kier alpha value is -1.53. The predicted molar refractivity (Wildman–Crippen MR) is 116 cm³/mol. The molecule has 13 heteroatoms. The van der Waals surface area contributed by atoms with Gasteiger partial charge < -0.3 is 20.9 Å². The number of methoxy groups -OCH3 is 1. The maximum atomic E-state index is 12.8. The van der Waals surface area contributed by atoms with E-state index in [0.717, 1.165) is 0 Å². The molecular formula is C19H23Cl2F3N2O5S. The highest BCUT2D eigenvalue weighted by molar-refractivity contribution is 7.80. The van der Waals surface area contributed by atoms with Gasteiger partial charge in [-0.25, -0.2) is 4.79 Å². The Morgan fingerprint density at radius 3 is 2.47 bits per heavy atom. The van der Waals surface area contributed by atoms with Crippen molar-refractivity contribution in [1.29, 1.82) is 0 Å². The molecule has 1 aromatic rings. The topological polar surface area (TPSA) is 119 Å². The average Bonchev–Trinajstić information content (AvgIpc) is 2.75. The molecule has 0 spiro atoms. The molecule has 1 aromatic carbocycles. The number of Topliss-reactive ketones (excluding diaryl/α,β-unsaturated/α-hetero) is 1. The van der Waals surface area contributed by atoms with Crippen LogP contribution in [0.25, 0.3) is 0 Å². The first-order chi connectivity index (χ1) is 14.8. The largest absolute Gasteiger partial charge is 0.490 e. The first-order valence-corrected chi connectivity index (χ1v) is 10.6. The van der Waals surface area contributed by atoms with Crippen LogP contribution in [0.5, 0.6) is 0 Å². The molecule has 1 aliphatic rings. The van der Waals surface area contributed by atoms with Crippen LogP contribution in [-0.4, -0.2) is 61.0 Å². The molecule has 0 bridgehead atoms. The second-order valence-electron chi connectivity index (χ2n) is 7.04. The van der Waals surface area contributed by atoms with E-state index in [-0.39, 0.29) is 18.0 Å². The highest BCUT2D eigenvalue weighted by Gasteiger charge is 2.52. The van der Waals surface area contributed by atoms with E-state index < -0.39 is 35.5 Å². The summed E-state index contributed by atoms with van der Waals surface area (Å²) in [6.45, 7) is 0.945. The van der Waals surface area contributed by atoms with Crippen molar-refractivity contribution in [1.82, 2.24) is 5.32 Å². The highest BCUT2D eigenvalue weighted by atomic mass is 35.5. The molecular weight excluding hydrogens is 496 g/mol. The summed E-state index contributed by atoms with van der Waals surface area (Å²) in [5, 5.41) is 11.1. The van der Waals surface area contributed by atoms with Crippen molar-refractivity contribution in [2.24, 2.45) is 17.1 Å². The number of piperidine rings is 1. The number of hydrogen-bond donors (Lipinski definition) is 4. The van der Waals surface area contributed by atoms with Gasteiger partial charge in [-0.2, -0.15) is 25.8 Å². The molecule has 32 heavy (non-hydrogen) atoms. The first-order valence-electron chi connectivity index (χ1n) is 9.24. The molecule has 180 valence electrons. The summed E-state index contributed by atoms with van der Waals surface area (Å²) < 4.78 is 36.8. The number of carbonyl (C=O) groups excluding carboxylic acids is 2. The normalized spacial score (nSPS) is 21.7. The second kappa shape index (κ2) is 12.1. The summed E-state index contributed by atoms with van der Waals surface area (Å²) in [4.78, 5) is 34.5. The number of benzene rings is 1. The van der Waals surface area contributed by atoms with Crippen LogP contribution in [-0.2, 0) is 25.5 Å². The molecule has 0 radical (unpaired) electrons. The van der Waals surface area contributed by atoms with Crippen molar-refractivity contribution < 1.29 is 37.4 Å². The number of hydrogen-bond acceptors (Lipinski definition) is 7. The highest BCUT2D eigenvalue weighted by Crippen LogP contribution is 2.42. The number of carbonyl (C=O) groups is 3. The zero-order valence-corrected chi connectivity index (χ0v) is 19.3.